The Kier molecular flexibility index (Phi) is 5.90. The van der Waals surface area contributed by atoms with Crippen LogP contribution in [0.15, 0.2) is 72.8 Å². The Morgan fingerprint density at radius 3 is 2.36 bits per heavy atom. The molecule has 0 atom stereocenters. The Bertz CT molecular complexity index is 972. The molecule has 7 heteroatoms. The highest BCUT2D eigenvalue weighted by Crippen LogP contribution is 2.30. The molecule has 0 unspecified atom stereocenters. The van der Waals surface area contributed by atoms with Gasteiger partial charge in [-0.15, -0.1) is 0 Å². The SMILES string of the molecule is O=C(Nc1ccc(C(F)(F)F)cc1)c1cccc(OCc2ccccc2Cl)c1. The Labute approximate surface area is 164 Å². The molecule has 0 aliphatic rings. The molecule has 3 aromatic rings. The van der Waals surface area contributed by atoms with E-state index in [4.69, 9.17) is 16.3 Å². The number of hydrogen-bond acceptors (Lipinski definition) is 2. The fourth-order valence-corrected chi connectivity index (χ4v) is 2.64. The number of carbonyl (C=O) groups is 1. The van der Waals surface area contributed by atoms with E-state index in [9.17, 15) is 18.0 Å². The van der Waals surface area contributed by atoms with E-state index in [1.165, 1.54) is 12.1 Å². The van der Waals surface area contributed by atoms with Crippen molar-refractivity contribution in [2.75, 3.05) is 5.32 Å². The third kappa shape index (κ3) is 5.04. The molecule has 0 radical (unpaired) electrons. The molecule has 3 aromatic carbocycles. The van der Waals surface area contributed by atoms with Crippen molar-refractivity contribution in [3.8, 4) is 5.75 Å². The van der Waals surface area contributed by atoms with E-state index in [0.717, 1.165) is 17.7 Å². The standard InChI is InChI=1S/C21H15ClF3NO2/c22-19-7-2-1-4-15(19)13-28-18-6-3-5-14(12-18)20(27)26-17-10-8-16(9-11-17)21(23,24)25/h1-12H,13H2,(H,26,27). The third-order valence-corrected chi connectivity index (χ3v) is 4.29. The van der Waals surface area contributed by atoms with Gasteiger partial charge in [-0.1, -0.05) is 35.9 Å². The van der Waals surface area contributed by atoms with Gasteiger partial charge < -0.3 is 10.1 Å². The van der Waals surface area contributed by atoms with Gasteiger partial charge in [-0.2, -0.15) is 13.2 Å². The minimum atomic E-state index is -4.42. The Balaban J connectivity index is 1.66. The first-order valence-electron chi connectivity index (χ1n) is 8.28. The summed E-state index contributed by atoms with van der Waals surface area (Å²) in [5, 5.41) is 3.15. The largest absolute Gasteiger partial charge is 0.489 e. The zero-order valence-corrected chi connectivity index (χ0v) is 15.2. The van der Waals surface area contributed by atoms with E-state index in [-0.39, 0.29) is 12.3 Å². The number of benzene rings is 3. The smallest absolute Gasteiger partial charge is 0.416 e. The lowest BCUT2D eigenvalue weighted by Gasteiger charge is -2.11. The lowest BCUT2D eigenvalue weighted by molar-refractivity contribution is -0.137. The van der Waals surface area contributed by atoms with Crippen LogP contribution >= 0.6 is 11.6 Å². The second kappa shape index (κ2) is 8.35. The van der Waals surface area contributed by atoms with Gasteiger partial charge in [0.15, 0.2) is 0 Å². The highest BCUT2D eigenvalue weighted by atomic mass is 35.5. The lowest BCUT2D eigenvalue weighted by Crippen LogP contribution is -2.12. The summed E-state index contributed by atoms with van der Waals surface area (Å²) < 4.78 is 43.5. The second-order valence-electron chi connectivity index (χ2n) is 5.94. The van der Waals surface area contributed by atoms with Gasteiger partial charge in [0, 0.05) is 21.8 Å². The molecule has 144 valence electrons. The van der Waals surface area contributed by atoms with Crippen LogP contribution in [0.4, 0.5) is 18.9 Å². The maximum absolute atomic E-state index is 12.6. The molecule has 1 amide bonds. The van der Waals surface area contributed by atoms with Crippen LogP contribution < -0.4 is 10.1 Å². The fourth-order valence-electron chi connectivity index (χ4n) is 2.45. The second-order valence-corrected chi connectivity index (χ2v) is 6.34. The molecule has 0 spiro atoms. The summed E-state index contributed by atoms with van der Waals surface area (Å²) in [5.41, 5.74) is 0.612. The third-order valence-electron chi connectivity index (χ3n) is 3.92. The lowest BCUT2D eigenvalue weighted by atomic mass is 10.1. The summed E-state index contributed by atoms with van der Waals surface area (Å²) in [6.07, 6.45) is -4.42. The number of nitrogens with one attached hydrogen (secondary N) is 1. The van der Waals surface area contributed by atoms with Gasteiger partial charge >= 0.3 is 6.18 Å². The van der Waals surface area contributed by atoms with Crippen LogP contribution in [0.25, 0.3) is 0 Å². The van der Waals surface area contributed by atoms with E-state index in [1.54, 1.807) is 30.3 Å². The number of ether oxygens (including phenoxy) is 1. The van der Waals surface area contributed by atoms with Gasteiger partial charge in [0.1, 0.15) is 12.4 Å². The highest BCUT2D eigenvalue weighted by molar-refractivity contribution is 6.31. The topological polar surface area (TPSA) is 38.3 Å². The van der Waals surface area contributed by atoms with Crippen LogP contribution in [0.3, 0.4) is 0 Å². The molecule has 0 aromatic heterocycles. The summed E-state index contributed by atoms with van der Waals surface area (Å²) in [6.45, 7) is 0.240. The first-order valence-corrected chi connectivity index (χ1v) is 8.65. The molecule has 0 heterocycles. The van der Waals surface area contributed by atoms with Crippen molar-refractivity contribution < 1.29 is 22.7 Å². The molecular weight excluding hydrogens is 391 g/mol. The van der Waals surface area contributed by atoms with E-state index >= 15 is 0 Å². The summed E-state index contributed by atoms with van der Waals surface area (Å²) in [5.74, 6) is 0.0166. The average molecular weight is 406 g/mol. The van der Waals surface area contributed by atoms with Crippen LogP contribution in [0.5, 0.6) is 5.75 Å². The monoisotopic (exact) mass is 405 g/mol. The molecule has 0 saturated heterocycles. The van der Waals surface area contributed by atoms with E-state index in [0.29, 0.717) is 16.3 Å². The van der Waals surface area contributed by atoms with Crippen LogP contribution in [-0.4, -0.2) is 5.91 Å². The van der Waals surface area contributed by atoms with Crippen LogP contribution in [-0.2, 0) is 12.8 Å². The van der Waals surface area contributed by atoms with E-state index in [2.05, 4.69) is 5.32 Å². The minimum Gasteiger partial charge on any atom is -0.489 e. The Morgan fingerprint density at radius 2 is 1.68 bits per heavy atom. The first-order chi connectivity index (χ1) is 13.3. The summed E-state index contributed by atoms with van der Waals surface area (Å²) in [6, 6.07) is 18.0. The zero-order valence-electron chi connectivity index (χ0n) is 14.5. The van der Waals surface area contributed by atoms with Crippen molar-refractivity contribution in [3.63, 3.8) is 0 Å². The molecule has 0 bridgehead atoms. The van der Waals surface area contributed by atoms with Crippen molar-refractivity contribution in [1.29, 1.82) is 0 Å². The normalized spacial score (nSPS) is 11.1. The van der Waals surface area contributed by atoms with Gasteiger partial charge in [0.25, 0.3) is 5.91 Å². The molecule has 3 rings (SSSR count). The zero-order chi connectivity index (χ0) is 20.1. The number of amides is 1. The fraction of sp³-hybridized carbons (Fsp3) is 0.0952. The van der Waals surface area contributed by atoms with Crippen molar-refractivity contribution in [2.45, 2.75) is 12.8 Å². The van der Waals surface area contributed by atoms with Gasteiger partial charge in [0.05, 0.1) is 5.56 Å². The highest BCUT2D eigenvalue weighted by Gasteiger charge is 2.30. The maximum atomic E-state index is 12.6. The van der Waals surface area contributed by atoms with E-state index in [1.807, 2.05) is 18.2 Å². The van der Waals surface area contributed by atoms with Gasteiger partial charge in [-0.05, 0) is 48.5 Å². The van der Waals surface area contributed by atoms with Gasteiger partial charge in [-0.25, -0.2) is 0 Å². The quantitative estimate of drug-likeness (QED) is 0.549. The van der Waals surface area contributed by atoms with Crippen LogP contribution in [0.1, 0.15) is 21.5 Å². The summed E-state index contributed by atoms with van der Waals surface area (Å²) in [7, 11) is 0. The van der Waals surface area contributed by atoms with Gasteiger partial charge in [0.2, 0.25) is 0 Å². The average Bonchev–Trinajstić information content (AvgIpc) is 2.67. The van der Waals surface area contributed by atoms with Crippen LogP contribution in [0.2, 0.25) is 5.02 Å². The van der Waals surface area contributed by atoms with Crippen LogP contribution in [0, 0.1) is 0 Å². The first kappa shape index (κ1) is 19.8. The van der Waals surface area contributed by atoms with Crippen molar-refractivity contribution in [3.05, 3.63) is 94.5 Å². The molecule has 0 fully saturated rings. The summed E-state index contributed by atoms with van der Waals surface area (Å²) >= 11 is 6.09. The number of hydrogen-bond donors (Lipinski definition) is 1. The molecule has 0 aliphatic heterocycles. The molecular formula is C21H15ClF3NO2. The van der Waals surface area contributed by atoms with Crippen molar-refractivity contribution in [1.82, 2.24) is 0 Å². The number of alkyl halides is 3. The Morgan fingerprint density at radius 1 is 0.964 bits per heavy atom. The number of carbonyl (C=O) groups excluding carboxylic acids is 1. The molecule has 3 nitrogen and oxygen atoms in total. The molecule has 0 aliphatic carbocycles. The number of halogens is 4. The maximum Gasteiger partial charge on any atom is 0.416 e. The van der Waals surface area contributed by atoms with Crippen molar-refractivity contribution in [2.24, 2.45) is 0 Å². The Hall–Kier alpha value is -2.99. The minimum absolute atomic E-state index is 0.240. The number of rotatable bonds is 5. The predicted molar refractivity (Wildman–Crippen MR) is 102 cm³/mol. The summed E-state index contributed by atoms with van der Waals surface area (Å²) in [4.78, 5) is 12.4. The molecule has 0 saturated carbocycles. The molecule has 1 N–H and O–H groups in total. The van der Waals surface area contributed by atoms with Gasteiger partial charge in [-0.3, -0.25) is 4.79 Å². The van der Waals surface area contributed by atoms with Crippen molar-refractivity contribution >= 4 is 23.2 Å². The van der Waals surface area contributed by atoms with E-state index < -0.39 is 17.6 Å². The number of anilines is 1. The molecule has 28 heavy (non-hydrogen) atoms. The predicted octanol–water partition coefficient (Wildman–Crippen LogP) is 6.19.